The Balaban J connectivity index is 1.44. The number of rotatable bonds is 5. The molecule has 0 spiro atoms. The van der Waals surface area contributed by atoms with Crippen molar-refractivity contribution in [2.75, 3.05) is 18.8 Å². The molecule has 9 heteroatoms. The van der Waals surface area contributed by atoms with Crippen LogP contribution in [0.2, 0.25) is 0 Å². The van der Waals surface area contributed by atoms with Gasteiger partial charge in [0.2, 0.25) is 16.9 Å². The van der Waals surface area contributed by atoms with Gasteiger partial charge in [0.25, 0.3) is 0 Å². The van der Waals surface area contributed by atoms with Crippen LogP contribution in [-0.2, 0) is 11.8 Å². The maximum Gasteiger partial charge on any atom is 0.233 e. The molecular weight excluding hydrogens is 328 g/mol. The van der Waals surface area contributed by atoms with Gasteiger partial charge in [0.1, 0.15) is 6.10 Å². The quantitative estimate of drug-likeness (QED) is 0.747. The lowest BCUT2D eigenvalue weighted by molar-refractivity contribution is -0.130. The molecule has 0 radical (unpaired) electrons. The molecule has 1 amide bonds. The van der Waals surface area contributed by atoms with E-state index in [0.717, 1.165) is 18.5 Å². The van der Waals surface area contributed by atoms with Crippen molar-refractivity contribution < 1.29 is 9.53 Å². The Labute approximate surface area is 144 Å². The molecule has 0 aromatic carbocycles. The number of carbonyl (C=O) groups excluding carboxylic acids is 1. The fourth-order valence-corrected chi connectivity index (χ4v) is 3.29. The van der Waals surface area contributed by atoms with E-state index in [4.69, 9.17) is 4.74 Å². The van der Waals surface area contributed by atoms with Crippen molar-refractivity contribution in [2.45, 2.75) is 31.0 Å². The SMILES string of the molecule is Cc1cccc(OC2CCN(C(=O)CSc3nnnn3C)CC2)n1. The van der Waals surface area contributed by atoms with E-state index in [1.165, 1.54) is 11.8 Å². The Morgan fingerprint density at radius 2 is 2.17 bits per heavy atom. The van der Waals surface area contributed by atoms with Crippen LogP contribution in [0, 0.1) is 6.92 Å². The van der Waals surface area contributed by atoms with Crippen molar-refractivity contribution >= 4 is 17.7 Å². The molecule has 2 aromatic rings. The number of hydrogen-bond acceptors (Lipinski definition) is 7. The van der Waals surface area contributed by atoms with E-state index in [1.54, 1.807) is 11.7 Å². The first-order chi connectivity index (χ1) is 11.6. The molecule has 0 atom stereocenters. The van der Waals surface area contributed by atoms with E-state index < -0.39 is 0 Å². The van der Waals surface area contributed by atoms with Crippen LogP contribution in [0.3, 0.4) is 0 Å². The second kappa shape index (κ2) is 7.61. The molecule has 1 aliphatic rings. The fraction of sp³-hybridized carbons (Fsp3) is 0.533. The van der Waals surface area contributed by atoms with Crippen molar-refractivity contribution in [2.24, 2.45) is 7.05 Å². The zero-order valence-electron chi connectivity index (χ0n) is 13.8. The molecule has 0 bridgehead atoms. The van der Waals surface area contributed by atoms with Crippen LogP contribution in [0.25, 0.3) is 0 Å². The van der Waals surface area contributed by atoms with Crippen molar-refractivity contribution in [1.29, 1.82) is 0 Å². The number of aromatic nitrogens is 5. The van der Waals surface area contributed by atoms with Gasteiger partial charge in [0.15, 0.2) is 0 Å². The fourth-order valence-electron chi connectivity index (χ4n) is 2.54. The van der Waals surface area contributed by atoms with Gasteiger partial charge in [-0.15, -0.1) is 5.10 Å². The number of pyridine rings is 1. The van der Waals surface area contributed by atoms with Crippen LogP contribution in [0.5, 0.6) is 5.88 Å². The van der Waals surface area contributed by atoms with Crippen LogP contribution in [0.15, 0.2) is 23.4 Å². The van der Waals surface area contributed by atoms with Crippen molar-refractivity contribution in [3.8, 4) is 5.88 Å². The number of nitrogens with zero attached hydrogens (tertiary/aromatic N) is 6. The minimum Gasteiger partial charge on any atom is -0.474 e. The number of tetrazole rings is 1. The average molecular weight is 348 g/mol. The standard InChI is InChI=1S/C15H20N6O2S/c1-11-4-3-5-13(16-11)23-12-6-8-21(9-7-12)14(22)10-24-15-17-18-19-20(15)2/h3-5,12H,6-10H2,1-2H3. The molecule has 0 aliphatic carbocycles. The van der Waals surface area contributed by atoms with Gasteiger partial charge >= 0.3 is 0 Å². The summed E-state index contributed by atoms with van der Waals surface area (Å²) < 4.78 is 7.48. The topological polar surface area (TPSA) is 86.0 Å². The predicted octanol–water partition coefficient (Wildman–Crippen LogP) is 1.08. The molecule has 128 valence electrons. The third-order valence-electron chi connectivity index (χ3n) is 3.85. The molecule has 0 N–H and O–H groups in total. The van der Waals surface area contributed by atoms with E-state index >= 15 is 0 Å². The van der Waals surface area contributed by atoms with Crippen LogP contribution in [0.4, 0.5) is 0 Å². The van der Waals surface area contributed by atoms with Crippen LogP contribution >= 0.6 is 11.8 Å². The minimum atomic E-state index is 0.107. The number of aryl methyl sites for hydroxylation is 2. The lowest BCUT2D eigenvalue weighted by atomic mass is 10.1. The van der Waals surface area contributed by atoms with Crippen molar-refractivity contribution in [3.05, 3.63) is 23.9 Å². The lowest BCUT2D eigenvalue weighted by Crippen LogP contribution is -2.42. The van der Waals surface area contributed by atoms with Gasteiger partial charge in [-0.25, -0.2) is 9.67 Å². The molecule has 0 unspecified atom stereocenters. The number of ether oxygens (including phenoxy) is 1. The molecule has 1 aliphatic heterocycles. The van der Waals surface area contributed by atoms with E-state index in [0.29, 0.717) is 29.9 Å². The lowest BCUT2D eigenvalue weighted by Gasteiger charge is -2.31. The number of amides is 1. The molecule has 0 saturated carbocycles. The molecule has 3 heterocycles. The molecule has 8 nitrogen and oxygen atoms in total. The van der Waals surface area contributed by atoms with Gasteiger partial charge in [0, 0.05) is 44.7 Å². The Morgan fingerprint density at radius 3 is 2.83 bits per heavy atom. The summed E-state index contributed by atoms with van der Waals surface area (Å²) in [6.45, 7) is 3.35. The summed E-state index contributed by atoms with van der Waals surface area (Å²) in [4.78, 5) is 18.5. The Kier molecular flexibility index (Phi) is 5.29. The molecule has 2 aromatic heterocycles. The largest absolute Gasteiger partial charge is 0.474 e. The third-order valence-corrected chi connectivity index (χ3v) is 4.85. The molecule has 3 rings (SSSR count). The summed E-state index contributed by atoms with van der Waals surface area (Å²) in [6.07, 6.45) is 1.74. The van der Waals surface area contributed by atoms with Crippen molar-refractivity contribution in [3.63, 3.8) is 0 Å². The first kappa shape index (κ1) is 16.7. The summed E-state index contributed by atoms with van der Waals surface area (Å²) in [6, 6.07) is 5.75. The molecule has 1 fully saturated rings. The van der Waals surface area contributed by atoms with Crippen molar-refractivity contribution in [1.82, 2.24) is 30.1 Å². The zero-order valence-corrected chi connectivity index (χ0v) is 14.6. The highest BCUT2D eigenvalue weighted by Crippen LogP contribution is 2.19. The molecule has 24 heavy (non-hydrogen) atoms. The summed E-state index contributed by atoms with van der Waals surface area (Å²) in [5, 5.41) is 11.8. The highest BCUT2D eigenvalue weighted by molar-refractivity contribution is 7.99. The van der Waals surface area contributed by atoms with E-state index in [1.807, 2.05) is 30.0 Å². The van der Waals surface area contributed by atoms with E-state index in [2.05, 4.69) is 20.5 Å². The van der Waals surface area contributed by atoms with E-state index in [9.17, 15) is 4.79 Å². The number of likely N-dealkylation sites (tertiary alicyclic amines) is 1. The highest BCUT2D eigenvalue weighted by atomic mass is 32.2. The summed E-state index contributed by atoms with van der Waals surface area (Å²) >= 11 is 1.35. The Bertz CT molecular complexity index is 699. The van der Waals surface area contributed by atoms with Crippen LogP contribution < -0.4 is 4.74 Å². The monoisotopic (exact) mass is 348 g/mol. The number of carbonyl (C=O) groups is 1. The maximum absolute atomic E-state index is 12.3. The highest BCUT2D eigenvalue weighted by Gasteiger charge is 2.24. The zero-order chi connectivity index (χ0) is 16.9. The van der Waals surface area contributed by atoms with Gasteiger partial charge in [-0.3, -0.25) is 4.79 Å². The first-order valence-electron chi connectivity index (χ1n) is 7.85. The summed E-state index contributed by atoms with van der Waals surface area (Å²) in [7, 11) is 1.76. The van der Waals surface area contributed by atoms with Gasteiger partial charge in [0.05, 0.1) is 5.75 Å². The number of thioether (sulfide) groups is 1. The van der Waals surface area contributed by atoms with Gasteiger partial charge < -0.3 is 9.64 Å². The smallest absolute Gasteiger partial charge is 0.233 e. The Morgan fingerprint density at radius 1 is 1.38 bits per heavy atom. The molecular formula is C15H20N6O2S. The van der Waals surface area contributed by atoms with Gasteiger partial charge in [-0.1, -0.05) is 17.8 Å². The normalized spacial score (nSPS) is 15.5. The van der Waals surface area contributed by atoms with E-state index in [-0.39, 0.29) is 12.0 Å². The predicted molar refractivity (Wildman–Crippen MR) is 88.7 cm³/mol. The van der Waals surface area contributed by atoms with Gasteiger partial charge in [-0.2, -0.15) is 0 Å². The number of piperidine rings is 1. The maximum atomic E-state index is 12.3. The third kappa shape index (κ3) is 4.22. The summed E-state index contributed by atoms with van der Waals surface area (Å²) in [5.74, 6) is 1.11. The van der Waals surface area contributed by atoms with Crippen LogP contribution in [0.1, 0.15) is 18.5 Å². The average Bonchev–Trinajstić information content (AvgIpc) is 2.98. The minimum absolute atomic E-state index is 0.107. The summed E-state index contributed by atoms with van der Waals surface area (Å²) in [5.41, 5.74) is 0.940. The Hall–Kier alpha value is -2.16. The second-order valence-electron chi connectivity index (χ2n) is 5.69. The van der Waals surface area contributed by atoms with Gasteiger partial charge in [-0.05, 0) is 23.4 Å². The first-order valence-corrected chi connectivity index (χ1v) is 8.83. The second-order valence-corrected chi connectivity index (χ2v) is 6.63. The van der Waals surface area contributed by atoms with Crippen LogP contribution in [-0.4, -0.2) is 60.9 Å². The number of hydrogen-bond donors (Lipinski definition) is 0. The molecule has 1 saturated heterocycles.